The third-order valence-corrected chi connectivity index (χ3v) is 0.265. The Morgan fingerprint density at radius 3 is 2.00 bits per heavy atom. The van der Waals surface area contributed by atoms with E-state index in [1.54, 1.807) is 0 Å². The number of halogens is 3. The van der Waals surface area contributed by atoms with E-state index < -0.39 is 6.18 Å². The van der Waals surface area contributed by atoms with Gasteiger partial charge in [0.1, 0.15) is 13.2 Å². The van der Waals surface area contributed by atoms with E-state index in [1.807, 2.05) is 0 Å². The van der Waals surface area contributed by atoms with E-state index in [9.17, 15) is 13.2 Å². The van der Waals surface area contributed by atoms with Crippen molar-refractivity contribution in [3.8, 4) is 12.0 Å². The Hall–Kier alpha value is -0.850. The fraction of sp³-hybridized carbons (Fsp3) is 0.250. The zero-order valence-electron chi connectivity index (χ0n) is 3.75. The summed E-state index contributed by atoms with van der Waals surface area (Å²) in [6.45, 7) is 0. The average Bonchev–Trinajstić information content (AvgIpc) is 1.59. The van der Waals surface area contributed by atoms with Gasteiger partial charge >= 0.3 is 6.18 Å². The normalized spacial score (nSPS) is 9.50. The molecule has 0 aliphatic heterocycles. The fourth-order valence-electron chi connectivity index (χ4n) is 0.0939. The highest BCUT2D eigenvalue weighted by Crippen LogP contribution is 2.11. The van der Waals surface area contributed by atoms with Crippen molar-refractivity contribution in [2.45, 2.75) is 6.18 Å². The first-order valence-corrected chi connectivity index (χ1v) is 1.56. The number of ether oxygens (including phenoxy) is 1. The second kappa shape index (κ2) is 2.46. The SMILES string of the molecule is [CH2]OC#CC(F)(F)F. The van der Waals surface area contributed by atoms with Crippen LogP contribution in [-0.2, 0) is 4.74 Å². The van der Waals surface area contributed by atoms with E-state index >= 15 is 0 Å². The molecule has 1 nitrogen and oxygen atoms in total. The van der Waals surface area contributed by atoms with Gasteiger partial charge in [-0.15, -0.1) is 0 Å². The van der Waals surface area contributed by atoms with Crippen molar-refractivity contribution in [2.24, 2.45) is 0 Å². The van der Waals surface area contributed by atoms with E-state index in [-0.39, 0.29) is 0 Å². The molecule has 0 amide bonds. The molecule has 8 heavy (non-hydrogen) atoms. The molecule has 0 atom stereocenters. The quantitative estimate of drug-likeness (QED) is 0.441. The van der Waals surface area contributed by atoms with Crippen molar-refractivity contribution in [1.82, 2.24) is 0 Å². The predicted octanol–water partition coefficient (Wildman–Crippen LogP) is 1.32. The minimum absolute atomic E-state index is 0.837. The summed E-state index contributed by atoms with van der Waals surface area (Å²) in [6.07, 6.45) is -3.17. The molecule has 0 unspecified atom stereocenters. The van der Waals surface area contributed by atoms with Crippen LogP contribution in [0.2, 0.25) is 0 Å². The van der Waals surface area contributed by atoms with Crippen LogP contribution in [0, 0.1) is 19.1 Å². The number of rotatable bonds is 0. The Morgan fingerprint density at radius 2 is 1.88 bits per heavy atom. The molecule has 0 aromatic heterocycles. The molecule has 0 N–H and O–H groups in total. The maximum atomic E-state index is 11.0. The Morgan fingerprint density at radius 1 is 1.38 bits per heavy atom. The monoisotopic (exact) mass is 123 g/mol. The second-order valence-corrected chi connectivity index (χ2v) is 0.869. The van der Waals surface area contributed by atoms with Crippen molar-refractivity contribution >= 4 is 0 Å². The molecule has 0 aromatic carbocycles. The molecule has 0 fully saturated rings. The molecular weight excluding hydrogens is 121 g/mol. The smallest absolute Gasteiger partial charge is 0.443 e. The van der Waals surface area contributed by atoms with Gasteiger partial charge in [0, 0.05) is 0 Å². The Labute approximate surface area is 44.4 Å². The maximum absolute atomic E-state index is 11.0. The number of alkyl halides is 3. The fourth-order valence-corrected chi connectivity index (χ4v) is 0.0939. The van der Waals surface area contributed by atoms with Crippen LogP contribution in [0.3, 0.4) is 0 Å². The highest BCUT2D eigenvalue weighted by Gasteiger charge is 2.23. The van der Waals surface area contributed by atoms with Gasteiger partial charge in [-0.1, -0.05) is 0 Å². The van der Waals surface area contributed by atoms with Crippen LogP contribution >= 0.6 is 0 Å². The Kier molecular flexibility index (Phi) is 2.19. The molecule has 0 rings (SSSR count). The Balaban J connectivity index is 3.69. The molecule has 45 valence electrons. The van der Waals surface area contributed by atoms with Crippen molar-refractivity contribution in [2.75, 3.05) is 0 Å². The van der Waals surface area contributed by atoms with Gasteiger partial charge in [0.2, 0.25) is 0 Å². The third kappa shape index (κ3) is 5.15. The third-order valence-electron chi connectivity index (χ3n) is 0.265. The molecule has 0 saturated heterocycles. The van der Waals surface area contributed by atoms with Crippen LogP contribution in [0.4, 0.5) is 13.2 Å². The standard InChI is InChI=1S/C4H2F3O/c1-8-3-2-4(5,6)7/h1H2. The van der Waals surface area contributed by atoms with E-state index in [0.29, 0.717) is 0 Å². The predicted molar refractivity (Wildman–Crippen MR) is 20.3 cm³/mol. The maximum Gasteiger partial charge on any atom is 0.460 e. The minimum atomic E-state index is -4.47. The summed E-state index contributed by atoms with van der Waals surface area (Å²) in [5.74, 6) is 0.837. The first-order valence-electron chi connectivity index (χ1n) is 1.56. The largest absolute Gasteiger partial charge is 0.460 e. The molecule has 0 aliphatic rings. The van der Waals surface area contributed by atoms with Crippen LogP contribution in [0.1, 0.15) is 0 Å². The summed E-state index contributed by atoms with van der Waals surface area (Å²) in [5.41, 5.74) is 0. The van der Waals surface area contributed by atoms with E-state index in [1.165, 1.54) is 6.11 Å². The summed E-state index contributed by atoms with van der Waals surface area (Å²) >= 11 is 0. The zero-order valence-corrected chi connectivity index (χ0v) is 3.75. The van der Waals surface area contributed by atoms with Crippen molar-refractivity contribution < 1.29 is 17.9 Å². The van der Waals surface area contributed by atoms with Gasteiger partial charge in [-0.05, 0) is 0 Å². The summed E-state index contributed by atoms with van der Waals surface area (Å²) < 4.78 is 36.5. The summed E-state index contributed by atoms with van der Waals surface area (Å²) in [6, 6.07) is 0. The van der Waals surface area contributed by atoms with E-state index in [0.717, 1.165) is 5.92 Å². The first kappa shape index (κ1) is 7.15. The molecule has 0 bridgehead atoms. The van der Waals surface area contributed by atoms with Gasteiger partial charge in [0.15, 0.2) is 0 Å². The van der Waals surface area contributed by atoms with Crippen LogP contribution in [0.5, 0.6) is 0 Å². The highest BCUT2D eigenvalue weighted by molar-refractivity contribution is 4.99. The van der Waals surface area contributed by atoms with Crippen molar-refractivity contribution in [3.05, 3.63) is 7.11 Å². The summed E-state index contributed by atoms with van der Waals surface area (Å²) in [4.78, 5) is 0. The van der Waals surface area contributed by atoms with Crippen molar-refractivity contribution in [1.29, 1.82) is 0 Å². The highest BCUT2D eigenvalue weighted by atomic mass is 19.4. The van der Waals surface area contributed by atoms with Crippen LogP contribution < -0.4 is 0 Å². The number of hydrogen-bond donors (Lipinski definition) is 0. The summed E-state index contributed by atoms with van der Waals surface area (Å²) in [5, 5.41) is 0. The van der Waals surface area contributed by atoms with E-state index in [2.05, 4.69) is 11.8 Å². The Bertz CT molecular complexity index is 115. The van der Waals surface area contributed by atoms with Gasteiger partial charge in [-0.25, -0.2) is 0 Å². The molecule has 0 aromatic rings. The number of hydrogen-bond acceptors (Lipinski definition) is 1. The molecule has 0 spiro atoms. The van der Waals surface area contributed by atoms with E-state index in [4.69, 9.17) is 0 Å². The second-order valence-electron chi connectivity index (χ2n) is 0.869. The topological polar surface area (TPSA) is 9.23 Å². The minimum Gasteiger partial charge on any atom is -0.443 e. The molecular formula is C4H2F3O. The molecule has 4 heteroatoms. The lowest BCUT2D eigenvalue weighted by molar-refractivity contribution is -0.0702. The van der Waals surface area contributed by atoms with Crippen LogP contribution in [0.25, 0.3) is 0 Å². The summed E-state index contributed by atoms with van der Waals surface area (Å²) in [7, 11) is 2.62. The van der Waals surface area contributed by atoms with Gasteiger partial charge < -0.3 is 4.74 Å². The lowest BCUT2D eigenvalue weighted by Gasteiger charge is -1.89. The van der Waals surface area contributed by atoms with Crippen molar-refractivity contribution in [3.63, 3.8) is 0 Å². The van der Waals surface area contributed by atoms with Gasteiger partial charge in [-0.3, -0.25) is 0 Å². The lowest BCUT2D eigenvalue weighted by Crippen LogP contribution is -2.01. The average molecular weight is 123 g/mol. The lowest BCUT2D eigenvalue weighted by atomic mass is 10.7. The molecule has 0 heterocycles. The van der Waals surface area contributed by atoms with Gasteiger partial charge in [-0.2, -0.15) is 13.2 Å². The van der Waals surface area contributed by atoms with Gasteiger partial charge in [0.25, 0.3) is 0 Å². The molecule has 0 saturated carbocycles. The van der Waals surface area contributed by atoms with Crippen LogP contribution in [-0.4, -0.2) is 6.18 Å². The van der Waals surface area contributed by atoms with Gasteiger partial charge in [0.05, 0.1) is 5.92 Å². The molecule has 0 aliphatic carbocycles. The first-order chi connectivity index (χ1) is 3.56. The van der Waals surface area contributed by atoms with Crippen LogP contribution in [0.15, 0.2) is 0 Å². The zero-order chi connectivity index (χ0) is 6.62. The molecule has 1 radical (unpaired) electrons.